The lowest BCUT2D eigenvalue weighted by molar-refractivity contribution is 0.465. The van der Waals surface area contributed by atoms with Crippen molar-refractivity contribution in [1.29, 1.82) is 0 Å². The molecule has 2 aromatic rings. The van der Waals surface area contributed by atoms with Crippen LogP contribution in [0.5, 0.6) is 0 Å². The van der Waals surface area contributed by atoms with Crippen molar-refractivity contribution in [2.75, 3.05) is 0 Å². The topological polar surface area (TPSA) is 12.0 Å². The molecule has 19 heavy (non-hydrogen) atoms. The summed E-state index contributed by atoms with van der Waals surface area (Å²) in [6.45, 7) is 4.41. The molecule has 0 saturated carbocycles. The number of benzene rings is 2. The highest BCUT2D eigenvalue weighted by Gasteiger charge is 2.23. The second-order valence-corrected chi connectivity index (χ2v) is 5.59. The molecule has 0 saturated heterocycles. The lowest BCUT2D eigenvalue weighted by atomic mass is 10.0. The number of aryl methyl sites for hydroxylation is 2. The molecule has 1 unspecified atom stereocenters. The summed E-state index contributed by atoms with van der Waals surface area (Å²) in [5, 5.41) is 3.78. The SMILES string of the molecule is Cc1cccc([C@@H](C)NC2CCc3ccccc32)c1. The molecule has 2 aromatic carbocycles. The predicted molar refractivity (Wildman–Crippen MR) is 80.2 cm³/mol. The lowest BCUT2D eigenvalue weighted by Crippen LogP contribution is -2.23. The molecule has 1 aliphatic rings. The quantitative estimate of drug-likeness (QED) is 0.856. The largest absolute Gasteiger partial charge is 0.303 e. The van der Waals surface area contributed by atoms with E-state index in [0.717, 1.165) is 0 Å². The number of rotatable bonds is 3. The van der Waals surface area contributed by atoms with E-state index >= 15 is 0 Å². The van der Waals surface area contributed by atoms with Gasteiger partial charge in [-0.05, 0) is 43.4 Å². The van der Waals surface area contributed by atoms with Gasteiger partial charge in [-0.3, -0.25) is 0 Å². The zero-order valence-electron chi connectivity index (χ0n) is 11.7. The summed E-state index contributed by atoms with van der Waals surface area (Å²) in [6.07, 6.45) is 2.42. The maximum absolute atomic E-state index is 3.78. The zero-order valence-corrected chi connectivity index (χ0v) is 11.7. The van der Waals surface area contributed by atoms with Crippen molar-refractivity contribution in [3.8, 4) is 0 Å². The van der Waals surface area contributed by atoms with Gasteiger partial charge in [-0.15, -0.1) is 0 Å². The molecule has 1 heteroatoms. The standard InChI is InChI=1S/C18H21N/c1-13-6-5-8-16(12-13)14(2)19-18-11-10-15-7-3-4-9-17(15)18/h3-9,12,14,18-19H,10-11H2,1-2H3/t14-,18?/m1/s1. The Labute approximate surface area is 115 Å². The molecule has 0 aliphatic heterocycles. The van der Waals surface area contributed by atoms with Gasteiger partial charge >= 0.3 is 0 Å². The van der Waals surface area contributed by atoms with Gasteiger partial charge in [-0.2, -0.15) is 0 Å². The van der Waals surface area contributed by atoms with Crippen LogP contribution < -0.4 is 5.32 Å². The van der Waals surface area contributed by atoms with Gasteiger partial charge in [-0.25, -0.2) is 0 Å². The molecule has 0 spiro atoms. The smallest absolute Gasteiger partial charge is 0.0331 e. The Morgan fingerprint density at radius 3 is 2.79 bits per heavy atom. The van der Waals surface area contributed by atoms with E-state index in [9.17, 15) is 0 Å². The fourth-order valence-corrected chi connectivity index (χ4v) is 3.07. The van der Waals surface area contributed by atoms with Crippen LogP contribution in [0.15, 0.2) is 48.5 Å². The summed E-state index contributed by atoms with van der Waals surface area (Å²) in [5.41, 5.74) is 5.71. The molecule has 0 amide bonds. The Kier molecular flexibility index (Phi) is 3.39. The highest BCUT2D eigenvalue weighted by molar-refractivity contribution is 5.35. The minimum Gasteiger partial charge on any atom is -0.303 e. The number of hydrogen-bond donors (Lipinski definition) is 1. The van der Waals surface area contributed by atoms with E-state index < -0.39 is 0 Å². The molecule has 3 rings (SSSR count). The molecule has 2 atom stereocenters. The van der Waals surface area contributed by atoms with Gasteiger partial charge in [0.05, 0.1) is 0 Å². The first-order chi connectivity index (χ1) is 9.24. The number of fused-ring (bicyclic) bond motifs is 1. The molecule has 0 aromatic heterocycles. The maximum Gasteiger partial charge on any atom is 0.0331 e. The highest BCUT2D eigenvalue weighted by Crippen LogP contribution is 2.32. The van der Waals surface area contributed by atoms with E-state index in [1.165, 1.54) is 35.1 Å². The monoisotopic (exact) mass is 251 g/mol. The molecule has 0 bridgehead atoms. The second-order valence-electron chi connectivity index (χ2n) is 5.59. The average molecular weight is 251 g/mol. The third-order valence-corrected chi connectivity index (χ3v) is 4.13. The molecule has 1 nitrogen and oxygen atoms in total. The molecular weight excluding hydrogens is 230 g/mol. The Morgan fingerprint density at radius 1 is 1.11 bits per heavy atom. The van der Waals surface area contributed by atoms with Crippen LogP contribution in [0.1, 0.15) is 47.7 Å². The van der Waals surface area contributed by atoms with E-state index in [1.54, 1.807) is 0 Å². The Morgan fingerprint density at radius 2 is 1.95 bits per heavy atom. The Hall–Kier alpha value is -1.60. The minimum atomic E-state index is 0.399. The van der Waals surface area contributed by atoms with Crippen molar-refractivity contribution in [3.05, 3.63) is 70.8 Å². The van der Waals surface area contributed by atoms with Crippen molar-refractivity contribution in [1.82, 2.24) is 5.32 Å². The van der Waals surface area contributed by atoms with Gasteiger partial charge < -0.3 is 5.32 Å². The zero-order chi connectivity index (χ0) is 13.2. The first kappa shape index (κ1) is 12.4. The fraction of sp³-hybridized carbons (Fsp3) is 0.333. The van der Waals surface area contributed by atoms with Gasteiger partial charge in [0.15, 0.2) is 0 Å². The molecule has 98 valence electrons. The van der Waals surface area contributed by atoms with Crippen LogP contribution in [-0.4, -0.2) is 0 Å². The third-order valence-electron chi connectivity index (χ3n) is 4.13. The average Bonchev–Trinajstić information content (AvgIpc) is 2.82. The second kappa shape index (κ2) is 5.18. The van der Waals surface area contributed by atoms with Gasteiger partial charge in [0.25, 0.3) is 0 Å². The summed E-state index contributed by atoms with van der Waals surface area (Å²) < 4.78 is 0. The molecular formula is C18H21N. The van der Waals surface area contributed by atoms with Crippen LogP contribution in [0, 0.1) is 6.92 Å². The van der Waals surface area contributed by atoms with Crippen LogP contribution in [0.3, 0.4) is 0 Å². The summed E-state index contributed by atoms with van der Waals surface area (Å²) in [7, 11) is 0. The van der Waals surface area contributed by atoms with E-state index in [4.69, 9.17) is 0 Å². The van der Waals surface area contributed by atoms with Gasteiger partial charge in [0.1, 0.15) is 0 Å². The van der Waals surface area contributed by atoms with Crippen LogP contribution in [-0.2, 0) is 6.42 Å². The fourth-order valence-electron chi connectivity index (χ4n) is 3.07. The van der Waals surface area contributed by atoms with Crippen molar-refractivity contribution in [3.63, 3.8) is 0 Å². The molecule has 0 heterocycles. The van der Waals surface area contributed by atoms with Gasteiger partial charge in [0, 0.05) is 12.1 Å². The first-order valence-corrected chi connectivity index (χ1v) is 7.14. The van der Waals surface area contributed by atoms with Crippen molar-refractivity contribution < 1.29 is 0 Å². The Balaban J connectivity index is 1.76. The van der Waals surface area contributed by atoms with Crippen LogP contribution in [0.4, 0.5) is 0 Å². The summed E-state index contributed by atoms with van der Waals surface area (Å²) in [5.74, 6) is 0. The number of nitrogens with one attached hydrogen (secondary N) is 1. The predicted octanol–water partition coefficient (Wildman–Crippen LogP) is 4.33. The normalized spacial score (nSPS) is 19.2. The van der Waals surface area contributed by atoms with Crippen molar-refractivity contribution in [2.45, 2.75) is 38.8 Å². The van der Waals surface area contributed by atoms with Gasteiger partial charge in [-0.1, -0.05) is 54.1 Å². The van der Waals surface area contributed by atoms with Crippen LogP contribution >= 0.6 is 0 Å². The van der Waals surface area contributed by atoms with E-state index in [-0.39, 0.29) is 0 Å². The molecule has 0 radical (unpaired) electrons. The lowest BCUT2D eigenvalue weighted by Gasteiger charge is -2.21. The minimum absolute atomic E-state index is 0.399. The summed E-state index contributed by atoms with van der Waals surface area (Å²) >= 11 is 0. The maximum atomic E-state index is 3.78. The van der Waals surface area contributed by atoms with E-state index in [2.05, 4.69) is 67.7 Å². The summed E-state index contributed by atoms with van der Waals surface area (Å²) in [4.78, 5) is 0. The van der Waals surface area contributed by atoms with Crippen molar-refractivity contribution >= 4 is 0 Å². The number of hydrogen-bond acceptors (Lipinski definition) is 1. The molecule has 1 aliphatic carbocycles. The van der Waals surface area contributed by atoms with Crippen LogP contribution in [0.2, 0.25) is 0 Å². The van der Waals surface area contributed by atoms with E-state index in [1.807, 2.05) is 0 Å². The Bertz CT molecular complexity index is 573. The molecule has 1 N–H and O–H groups in total. The van der Waals surface area contributed by atoms with Gasteiger partial charge in [0.2, 0.25) is 0 Å². The summed E-state index contributed by atoms with van der Waals surface area (Å²) in [6, 6.07) is 18.5. The van der Waals surface area contributed by atoms with E-state index in [0.29, 0.717) is 12.1 Å². The first-order valence-electron chi connectivity index (χ1n) is 7.14. The van der Waals surface area contributed by atoms with Crippen LogP contribution in [0.25, 0.3) is 0 Å². The highest BCUT2D eigenvalue weighted by atomic mass is 14.9. The molecule has 0 fully saturated rings. The third kappa shape index (κ3) is 2.57. The van der Waals surface area contributed by atoms with Crippen molar-refractivity contribution in [2.24, 2.45) is 0 Å².